The van der Waals surface area contributed by atoms with Crippen molar-refractivity contribution in [3.05, 3.63) is 34.2 Å². The van der Waals surface area contributed by atoms with Crippen LogP contribution in [0.25, 0.3) is 6.08 Å². The first-order chi connectivity index (χ1) is 11.7. The lowest BCUT2D eigenvalue weighted by atomic mass is 9.85. The lowest BCUT2D eigenvalue weighted by Gasteiger charge is -2.26. The van der Waals surface area contributed by atoms with Crippen molar-refractivity contribution in [3.63, 3.8) is 0 Å². The molecule has 0 saturated carbocycles. The standard InChI is InChI=1S/C19H22N2O3S/c1-13(22)24-16-6-5-14(11-15(16)19(2,3)4)12-17-18(23)21(8-7-20)9-10-25-17/h5-6,11-12H,8-10H2,1-4H3/b17-12-. The zero-order valence-corrected chi connectivity index (χ0v) is 15.8. The number of ether oxygens (including phenoxy) is 1. The van der Waals surface area contributed by atoms with E-state index in [1.54, 1.807) is 11.0 Å². The Hall–Kier alpha value is -2.26. The first kappa shape index (κ1) is 19.1. The van der Waals surface area contributed by atoms with Gasteiger partial charge in [-0.1, -0.05) is 26.8 Å². The molecule has 2 rings (SSSR count). The van der Waals surface area contributed by atoms with Crippen molar-refractivity contribution in [1.82, 2.24) is 4.90 Å². The first-order valence-corrected chi connectivity index (χ1v) is 9.04. The molecule has 1 aliphatic rings. The lowest BCUT2D eigenvalue weighted by molar-refractivity contribution is -0.132. The van der Waals surface area contributed by atoms with Gasteiger partial charge in [-0.15, -0.1) is 11.8 Å². The minimum Gasteiger partial charge on any atom is -0.426 e. The Balaban J connectivity index is 2.38. The van der Waals surface area contributed by atoms with Crippen LogP contribution in [0.4, 0.5) is 0 Å². The fourth-order valence-corrected chi connectivity index (χ4v) is 3.55. The van der Waals surface area contributed by atoms with Crippen LogP contribution in [0.1, 0.15) is 38.8 Å². The molecule has 0 bridgehead atoms. The molecule has 1 fully saturated rings. The number of nitriles is 1. The number of hydrogen-bond acceptors (Lipinski definition) is 5. The van der Waals surface area contributed by atoms with Crippen LogP contribution in [0, 0.1) is 11.3 Å². The van der Waals surface area contributed by atoms with E-state index in [2.05, 4.69) is 0 Å². The van der Waals surface area contributed by atoms with Crippen LogP contribution in [-0.4, -0.2) is 35.6 Å². The third-order valence-corrected chi connectivity index (χ3v) is 4.73. The summed E-state index contributed by atoms with van der Waals surface area (Å²) in [5.41, 5.74) is 1.56. The van der Waals surface area contributed by atoms with Crippen molar-refractivity contribution in [2.75, 3.05) is 18.8 Å². The van der Waals surface area contributed by atoms with E-state index in [0.29, 0.717) is 17.2 Å². The van der Waals surface area contributed by atoms with Crippen molar-refractivity contribution >= 4 is 29.7 Å². The number of nitrogens with zero attached hydrogens (tertiary/aromatic N) is 2. The highest BCUT2D eigenvalue weighted by Crippen LogP contribution is 2.34. The number of benzene rings is 1. The topological polar surface area (TPSA) is 70.4 Å². The summed E-state index contributed by atoms with van der Waals surface area (Å²) >= 11 is 1.50. The van der Waals surface area contributed by atoms with Crippen LogP contribution in [0.2, 0.25) is 0 Å². The van der Waals surface area contributed by atoms with E-state index in [9.17, 15) is 9.59 Å². The number of amides is 1. The second-order valence-electron chi connectivity index (χ2n) is 6.84. The highest BCUT2D eigenvalue weighted by Gasteiger charge is 2.24. The molecule has 0 aliphatic carbocycles. The minimum atomic E-state index is -0.359. The molecule has 0 atom stereocenters. The predicted octanol–water partition coefficient (Wildman–Crippen LogP) is 3.35. The molecule has 5 nitrogen and oxygen atoms in total. The third kappa shape index (κ3) is 4.86. The zero-order valence-electron chi connectivity index (χ0n) is 15.0. The van der Waals surface area contributed by atoms with Crippen molar-refractivity contribution in [3.8, 4) is 11.8 Å². The summed E-state index contributed by atoms with van der Waals surface area (Å²) in [6, 6.07) is 7.57. The molecule has 1 amide bonds. The third-order valence-electron chi connectivity index (χ3n) is 3.74. The van der Waals surface area contributed by atoms with Crippen LogP contribution in [0.15, 0.2) is 23.1 Å². The van der Waals surface area contributed by atoms with Gasteiger partial charge in [-0.05, 0) is 29.2 Å². The van der Waals surface area contributed by atoms with Crippen LogP contribution in [0.5, 0.6) is 5.75 Å². The molecule has 0 unspecified atom stereocenters. The molecule has 1 aromatic rings. The number of carbonyl (C=O) groups excluding carboxylic acids is 2. The molecule has 6 heteroatoms. The average molecular weight is 358 g/mol. The van der Waals surface area contributed by atoms with Gasteiger partial charge in [-0.2, -0.15) is 5.26 Å². The Morgan fingerprint density at radius 2 is 2.16 bits per heavy atom. The van der Waals surface area contributed by atoms with E-state index in [4.69, 9.17) is 10.00 Å². The van der Waals surface area contributed by atoms with Crippen molar-refractivity contribution in [2.45, 2.75) is 33.1 Å². The summed E-state index contributed by atoms with van der Waals surface area (Å²) in [4.78, 5) is 25.9. The Morgan fingerprint density at radius 1 is 1.44 bits per heavy atom. The van der Waals surface area contributed by atoms with Crippen molar-refractivity contribution in [2.24, 2.45) is 0 Å². The summed E-state index contributed by atoms with van der Waals surface area (Å²) in [6.07, 6.45) is 1.84. The van der Waals surface area contributed by atoms with E-state index in [0.717, 1.165) is 16.9 Å². The predicted molar refractivity (Wildman–Crippen MR) is 99.1 cm³/mol. The maximum atomic E-state index is 12.4. The summed E-state index contributed by atoms with van der Waals surface area (Å²) in [6.45, 7) is 8.20. The van der Waals surface area contributed by atoms with Gasteiger partial charge >= 0.3 is 5.97 Å². The normalized spacial score (nSPS) is 16.7. The fourth-order valence-electron chi connectivity index (χ4n) is 2.54. The Kier molecular flexibility index (Phi) is 5.91. The Morgan fingerprint density at radius 3 is 2.76 bits per heavy atom. The molecular weight excluding hydrogens is 336 g/mol. The number of rotatable bonds is 3. The number of hydrogen-bond donors (Lipinski definition) is 0. The Bertz CT molecular complexity index is 757. The summed E-state index contributed by atoms with van der Waals surface area (Å²) in [5, 5.41) is 8.83. The quantitative estimate of drug-likeness (QED) is 0.359. The molecule has 132 valence electrons. The first-order valence-electron chi connectivity index (χ1n) is 8.06. The molecule has 0 aromatic heterocycles. The van der Waals surface area contributed by atoms with E-state index >= 15 is 0 Å². The van der Waals surface area contributed by atoms with Gasteiger partial charge in [0.1, 0.15) is 12.3 Å². The van der Waals surface area contributed by atoms with Gasteiger partial charge in [0.2, 0.25) is 0 Å². The molecule has 25 heavy (non-hydrogen) atoms. The average Bonchev–Trinajstić information content (AvgIpc) is 2.51. The molecule has 0 radical (unpaired) electrons. The maximum Gasteiger partial charge on any atom is 0.308 e. The van der Waals surface area contributed by atoms with Gasteiger partial charge in [0.25, 0.3) is 5.91 Å². The molecular formula is C19H22N2O3S. The van der Waals surface area contributed by atoms with Gasteiger partial charge in [0, 0.05) is 24.8 Å². The van der Waals surface area contributed by atoms with Crippen LogP contribution in [0.3, 0.4) is 0 Å². The van der Waals surface area contributed by atoms with Crippen molar-refractivity contribution < 1.29 is 14.3 Å². The van der Waals surface area contributed by atoms with Gasteiger partial charge in [-0.25, -0.2) is 0 Å². The highest BCUT2D eigenvalue weighted by molar-refractivity contribution is 8.04. The summed E-state index contributed by atoms with van der Waals surface area (Å²) in [5.74, 6) is 0.841. The summed E-state index contributed by atoms with van der Waals surface area (Å²) < 4.78 is 5.31. The molecule has 1 saturated heterocycles. The highest BCUT2D eigenvalue weighted by atomic mass is 32.2. The largest absolute Gasteiger partial charge is 0.426 e. The van der Waals surface area contributed by atoms with Gasteiger partial charge < -0.3 is 9.64 Å². The summed E-state index contributed by atoms with van der Waals surface area (Å²) in [7, 11) is 0. The molecule has 0 spiro atoms. The van der Waals surface area contributed by atoms with Gasteiger partial charge in [0.05, 0.1) is 11.0 Å². The molecule has 1 aliphatic heterocycles. The smallest absolute Gasteiger partial charge is 0.308 e. The van der Waals surface area contributed by atoms with Crippen LogP contribution >= 0.6 is 11.8 Å². The SMILES string of the molecule is CC(=O)Oc1ccc(/C=C2\SCCN(CC#N)C2=O)cc1C(C)(C)C. The second kappa shape index (κ2) is 7.75. The minimum absolute atomic E-state index is 0.107. The lowest BCUT2D eigenvalue weighted by Crippen LogP contribution is -2.37. The number of thioether (sulfide) groups is 1. The Labute approximate surface area is 152 Å². The monoisotopic (exact) mass is 358 g/mol. The molecule has 1 heterocycles. The van der Waals surface area contributed by atoms with Gasteiger partial charge in [-0.3, -0.25) is 9.59 Å². The number of esters is 1. The molecule has 1 aromatic carbocycles. The van der Waals surface area contributed by atoms with Crippen LogP contribution < -0.4 is 4.74 Å². The zero-order chi connectivity index (χ0) is 18.6. The van der Waals surface area contributed by atoms with Crippen LogP contribution in [-0.2, 0) is 15.0 Å². The number of carbonyl (C=O) groups is 2. The van der Waals surface area contributed by atoms with E-state index in [-0.39, 0.29) is 23.8 Å². The maximum absolute atomic E-state index is 12.4. The van der Waals surface area contributed by atoms with E-state index in [1.807, 2.05) is 45.0 Å². The van der Waals surface area contributed by atoms with Gasteiger partial charge in [0.15, 0.2) is 0 Å². The van der Waals surface area contributed by atoms with E-state index in [1.165, 1.54) is 18.7 Å². The van der Waals surface area contributed by atoms with E-state index < -0.39 is 0 Å². The second-order valence-corrected chi connectivity index (χ2v) is 7.98. The molecule has 0 N–H and O–H groups in total. The fraction of sp³-hybridized carbons (Fsp3) is 0.421. The van der Waals surface area contributed by atoms with Crippen molar-refractivity contribution in [1.29, 1.82) is 5.26 Å².